The lowest BCUT2D eigenvalue weighted by molar-refractivity contribution is -0.134. The van der Waals surface area contributed by atoms with Gasteiger partial charge in [-0.1, -0.05) is 30.3 Å². The number of rotatable bonds is 5. The van der Waals surface area contributed by atoms with Crippen molar-refractivity contribution in [2.45, 2.75) is 6.10 Å². The van der Waals surface area contributed by atoms with Crippen LogP contribution in [-0.2, 0) is 9.59 Å². The molecule has 3 heterocycles. The van der Waals surface area contributed by atoms with Gasteiger partial charge < -0.3 is 9.47 Å². The van der Waals surface area contributed by atoms with E-state index >= 15 is 0 Å². The van der Waals surface area contributed by atoms with Gasteiger partial charge in [0.05, 0.1) is 5.69 Å². The van der Waals surface area contributed by atoms with Crippen LogP contribution in [0.1, 0.15) is 5.56 Å². The highest BCUT2D eigenvalue weighted by atomic mass is 16.6. The second-order valence-electron chi connectivity index (χ2n) is 7.63. The molecule has 0 bridgehead atoms. The summed E-state index contributed by atoms with van der Waals surface area (Å²) in [5, 5.41) is 4.68. The molecule has 2 N–H and O–H groups in total. The van der Waals surface area contributed by atoms with Gasteiger partial charge in [0.25, 0.3) is 11.8 Å². The van der Waals surface area contributed by atoms with Gasteiger partial charge in [-0.25, -0.2) is 4.68 Å². The van der Waals surface area contributed by atoms with Crippen LogP contribution in [0.5, 0.6) is 11.5 Å². The van der Waals surface area contributed by atoms with Crippen LogP contribution in [0.2, 0.25) is 0 Å². The molecule has 0 saturated carbocycles. The molecule has 5 rings (SSSR count). The van der Waals surface area contributed by atoms with E-state index in [9.17, 15) is 9.59 Å². The van der Waals surface area contributed by atoms with Crippen molar-refractivity contribution in [2.75, 3.05) is 6.61 Å². The summed E-state index contributed by atoms with van der Waals surface area (Å²) in [7, 11) is 0. The third-order valence-electron chi connectivity index (χ3n) is 5.22. The largest absolute Gasteiger partial charge is 0.485 e. The van der Waals surface area contributed by atoms with E-state index in [1.165, 1.54) is 6.08 Å². The lowest BCUT2D eigenvalue weighted by Gasteiger charge is -2.25. The molecule has 2 aromatic heterocycles. The SMILES string of the molecule is O=C(/C=C/c1cn(-c2ccccc2)nc1-c1cccnc1)NNC(=O)C1COc2ccccc2O1. The lowest BCUT2D eigenvalue weighted by Crippen LogP contribution is -2.50. The quantitative estimate of drug-likeness (QED) is 0.345. The highest BCUT2D eigenvalue weighted by Gasteiger charge is 2.27. The van der Waals surface area contributed by atoms with Crippen molar-refractivity contribution in [1.29, 1.82) is 0 Å². The molecule has 0 saturated heterocycles. The van der Waals surface area contributed by atoms with E-state index in [1.807, 2.05) is 54.7 Å². The Labute approximate surface area is 201 Å². The Morgan fingerprint density at radius 2 is 1.77 bits per heavy atom. The number of hydrazine groups is 1. The number of nitrogens with one attached hydrogen (secondary N) is 2. The fraction of sp³-hybridized carbons (Fsp3) is 0.0769. The molecular formula is C26H21N5O4. The molecule has 0 aliphatic carbocycles. The molecule has 1 atom stereocenters. The van der Waals surface area contributed by atoms with Crippen molar-refractivity contribution in [2.24, 2.45) is 0 Å². The molecule has 2 aromatic carbocycles. The summed E-state index contributed by atoms with van der Waals surface area (Å²) < 4.78 is 12.9. The van der Waals surface area contributed by atoms with Crippen molar-refractivity contribution < 1.29 is 19.1 Å². The zero-order valence-corrected chi connectivity index (χ0v) is 18.5. The average molecular weight is 467 g/mol. The van der Waals surface area contributed by atoms with Gasteiger partial charge >= 0.3 is 0 Å². The number of carbonyl (C=O) groups is 2. The first-order chi connectivity index (χ1) is 17.2. The number of benzene rings is 2. The zero-order valence-electron chi connectivity index (χ0n) is 18.5. The van der Waals surface area contributed by atoms with E-state index in [2.05, 4.69) is 20.9 Å². The molecular weight excluding hydrogens is 446 g/mol. The van der Waals surface area contributed by atoms with Crippen molar-refractivity contribution >= 4 is 17.9 Å². The summed E-state index contributed by atoms with van der Waals surface area (Å²) in [6.07, 6.45) is 7.29. The number of para-hydroxylation sites is 3. The molecule has 174 valence electrons. The zero-order chi connectivity index (χ0) is 24.0. The lowest BCUT2D eigenvalue weighted by atomic mass is 10.1. The average Bonchev–Trinajstić information content (AvgIpc) is 3.35. The Morgan fingerprint density at radius 1 is 0.971 bits per heavy atom. The summed E-state index contributed by atoms with van der Waals surface area (Å²) in [5.41, 5.74) is 7.81. The summed E-state index contributed by atoms with van der Waals surface area (Å²) >= 11 is 0. The Bertz CT molecular complexity index is 1370. The van der Waals surface area contributed by atoms with Gasteiger partial charge in [0.1, 0.15) is 12.3 Å². The Morgan fingerprint density at radius 3 is 2.57 bits per heavy atom. The van der Waals surface area contributed by atoms with E-state index in [0.29, 0.717) is 22.8 Å². The van der Waals surface area contributed by atoms with Crippen LogP contribution in [0.25, 0.3) is 23.0 Å². The van der Waals surface area contributed by atoms with E-state index in [-0.39, 0.29) is 6.61 Å². The predicted octanol–water partition coefficient (Wildman–Crippen LogP) is 2.93. The van der Waals surface area contributed by atoms with E-state index in [4.69, 9.17) is 9.47 Å². The Hall–Kier alpha value is -4.92. The van der Waals surface area contributed by atoms with Crippen LogP contribution >= 0.6 is 0 Å². The maximum absolute atomic E-state index is 12.4. The van der Waals surface area contributed by atoms with Crippen LogP contribution in [0.3, 0.4) is 0 Å². The van der Waals surface area contributed by atoms with Crippen LogP contribution in [0.15, 0.2) is 91.4 Å². The molecule has 9 heteroatoms. The number of nitrogens with zero attached hydrogens (tertiary/aromatic N) is 3. The number of aromatic nitrogens is 3. The number of pyridine rings is 1. The normalized spacial score (nSPS) is 14.5. The predicted molar refractivity (Wildman–Crippen MR) is 128 cm³/mol. The maximum atomic E-state index is 12.4. The first-order valence-electron chi connectivity index (χ1n) is 10.9. The number of carbonyl (C=O) groups excluding carboxylic acids is 2. The van der Waals surface area contributed by atoms with Crippen LogP contribution in [-0.4, -0.2) is 39.3 Å². The summed E-state index contributed by atoms with van der Waals surface area (Å²) in [6.45, 7) is 0.0434. The highest BCUT2D eigenvalue weighted by molar-refractivity contribution is 5.94. The van der Waals surface area contributed by atoms with Gasteiger partial charge in [0.2, 0.25) is 6.10 Å². The third-order valence-corrected chi connectivity index (χ3v) is 5.22. The molecule has 2 amide bonds. The van der Waals surface area contributed by atoms with Gasteiger partial charge in [0.15, 0.2) is 11.5 Å². The van der Waals surface area contributed by atoms with Gasteiger partial charge in [-0.15, -0.1) is 0 Å². The molecule has 0 radical (unpaired) electrons. The number of ether oxygens (including phenoxy) is 2. The molecule has 1 unspecified atom stereocenters. The second kappa shape index (κ2) is 9.92. The summed E-state index contributed by atoms with van der Waals surface area (Å²) in [5.74, 6) is 0.0155. The van der Waals surface area contributed by atoms with Crippen molar-refractivity contribution in [3.63, 3.8) is 0 Å². The molecule has 1 aliphatic heterocycles. The van der Waals surface area contributed by atoms with E-state index < -0.39 is 17.9 Å². The van der Waals surface area contributed by atoms with Gasteiger partial charge in [0, 0.05) is 35.8 Å². The summed E-state index contributed by atoms with van der Waals surface area (Å²) in [4.78, 5) is 29.0. The van der Waals surface area contributed by atoms with E-state index in [1.54, 1.807) is 41.4 Å². The molecule has 1 aliphatic rings. The number of amides is 2. The first-order valence-corrected chi connectivity index (χ1v) is 10.9. The number of hydrogen-bond donors (Lipinski definition) is 2. The Kier molecular flexibility index (Phi) is 6.21. The number of hydrogen-bond acceptors (Lipinski definition) is 6. The Balaban J connectivity index is 1.26. The van der Waals surface area contributed by atoms with Gasteiger partial charge in [-0.2, -0.15) is 5.10 Å². The van der Waals surface area contributed by atoms with Crippen LogP contribution in [0.4, 0.5) is 0 Å². The first kappa shape index (κ1) is 21.9. The maximum Gasteiger partial charge on any atom is 0.283 e. The fourth-order valence-electron chi connectivity index (χ4n) is 3.51. The standard InChI is InChI=1S/C26H21N5O4/c32-24(28-29-26(33)23-17-34-21-10-4-5-11-22(21)35-23)13-12-19-16-31(20-8-2-1-3-9-20)30-25(19)18-7-6-14-27-15-18/h1-16,23H,17H2,(H,28,32)(H,29,33)/b13-12+. The minimum absolute atomic E-state index is 0.0434. The van der Waals surface area contributed by atoms with Gasteiger partial charge in [-0.05, 0) is 42.5 Å². The molecule has 0 fully saturated rings. The van der Waals surface area contributed by atoms with Crippen molar-refractivity contribution in [1.82, 2.24) is 25.6 Å². The minimum Gasteiger partial charge on any atom is -0.485 e. The smallest absolute Gasteiger partial charge is 0.283 e. The summed E-state index contributed by atoms with van der Waals surface area (Å²) in [6, 6.07) is 20.4. The number of fused-ring (bicyclic) bond motifs is 1. The van der Waals surface area contributed by atoms with Crippen LogP contribution < -0.4 is 20.3 Å². The van der Waals surface area contributed by atoms with Crippen molar-refractivity contribution in [3.05, 3.63) is 97.0 Å². The highest BCUT2D eigenvalue weighted by Crippen LogP contribution is 2.30. The molecule has 4 aromatic rings. The second-order valence-corrected chi connectivity index (χ2v) is 7.63. The fourth-order valence-corrected chi connectivity index (χ4v) is 3.51. The monoisotopic (exact) mass is 467 g/mol. The third kappa shape index (κ3) is 5.03. The van der Waals surface area contributed by atoms with Gasteiger partial charge in [-0.3, -0.25) is 25.4 Å². The minimum atomic E-state index is -0.879. The van der Waals surface area contributed by atoms with Crippen LogP contribution in [0, 0.1) is 0 Å². The van der Waals surface area contributed by atoms with E-state index in [0.717, 1.165) is 11.3 Å². The molecule has 9 nitrogen and oxygen atoms in total. The molecule has 35 heavy (non-hydrogen) atoms. The topological polar surface area (TPSA) is 107 Å². The van der Waals surface area contributed by atoms with Crippen molar-refractivity contribution in [3.8, 4) is 28.4 Å². The molecule has 0 spiro atoms.